The smallest absolute Gasteiger partial charge is 0.233 e. The summed E-state index contributed by atoms with van der Waals surface area (Å²) in [5, 5.41) is 19.9. The van der Waals surface area contributed by atoms with Gasteiger partial charge in [-0.3, -0.25) is 4.79 Å². The predicted molar refractivity (Wildman–Crippen MR) is 137 cm³/mol. The van der Waals surface area contributed by atoms with Crippen LogP contribution in [0.4, 0.5) is 5.82 Å². The van der Waals surface area contributed by atoms with E-state index in [0.717, 1.165) is 42.2 Å². The van der Waals surface area contributed by atoms with Crippen LogP contribution in [-0.2, 0) is 4.79 Å². The lowest BCUT2D eigenvalue weighted by Gasteiger charge is -2.32. The number of rotatable bonds is 9. The van der Waals surface area contributed by atoms with Crippen LogP contribution in [-0.4, -0.2) is 59.7 Å². The van der Waals surface area contributed by atoms with E-state index in [4.69, 9.17) is 13.9 Å². The highest BCUT2D eigenvalue weighted by Gasteiger charge is 2.26. The van der Waals surface area contributed by atoms with Gasteiger partial charge in [0.25, 0.3) is 0 Å². The Hall–Kier alpha value is -4.47. The van der Waals surface area contributed by atoms with Crippen molar-refractivity contribution in [3.05, 3.63) is 66.9 Å². The highest BCUT2D eigenvalue weighted by Crippen LogP contribution is 2.24. The third kappa shape index (κ3) is 6.03. The Labute approximate surface area is 214 Å². The summed E-state index contributed by atoms with van der Waals surface area (Å²) in [6.45, 7) is 2.13. The summed E-state index contributed by atoms with van der Waals surface area (Å²) in [6, 6.07) is 18.7. The molecule has 1 unspecified atom stereocenters. The second kappa shape index (κ2) is 11.5. The summed E-state index contributed by atoms with van der Waals surface area (Å²) in [4.78, 5) is 14.9. The predicted octanol–water partition coefficient (Wildman–Crippen LogP) is 3.61. The Morgan fingerprint density at radius 1 is 1.03 bits per heavy atom. The number of anilines is 1. The summed E-state index contributed by atoms with van der Waals surface area (Å²) in [7, 11) is 1.64. The number of ether oxygens (including phenoxy) is 2. The molecule has 37 heavy (non-hydrogen) atoms. The molecule has 4 aromatic rings. The van der Waals surface area contributed by atoms with E-state index in [-0.39, 0.29) is 11.8 Å². The highest BCUT2D eigenvalue weighted by atomic mass is 16.5. The average Bonchev–Trinajstić information content (AvgIpc) is 3.51. The number of amides is 1. The molecule has 5 rings (SSSR count). The zero-order chi connectivity index (χ0) is 25.5. The molecule has 190 valence electrons. The number of nitrogens with zero attached hydrogens (tertiary/aromatic N) is 5. The second-order valence-corrected chi connectivity index (χ2v) is 8.66. The van der Waals surface area contributed by atoms with Gasteiger partial charge in [0.05, 0.1) is 31.5 Å². The minimum Gasteiger partial charge on any atom is -0.497 e. The minimum atomic E-state index is -0.121. The van der Waals surface area contributed by atoms with Crippen LogP contribution in [0, 0.1) is 5.92 Å². The molecule has 1 aromatic carbocycles. The van der Waals surface area contributed by atoms with E-state index in [1.807, 2.05) is 42.5 Å². The van der Waals surface area contributed by atoms with Gasteiger partial charge < -0.3 is 24.1 Å². The molecule has 1 atom stereocenters. The number of hydrogen-bond donors (Lipinski definition) is 1. The van der Waals surface area contributed by atoms with E-state index in [0.29, 0.717) is 37.0 Å². The first-order valence-electron chi connectivity index (χ1n) is 12.2. The number of piperidine rings is 1. The lowest BCUT2D eigenvalue weighted by Crippen LogP contribution is -2.44. The molecular formula is C27H28N6O4. The molecule has 1 aliphatic heterocycles. The quantitative estimate of drug-likeness (QED) is 0.344. The molecule has 0 radical (unpaired) electrons. The van der Waals surface area contributed by atoms with Crippen LogP contribution in [0.25, 0.3) is 22.7 Å². The van der Waals surface area contributed by atoms with Crippen LogP contribution >= 0.6 is 0 Å². The van der Waals surface area contributed by atoms with Gasteiger partial charge in [-0.2, -0.15) is 0 Å². The lowest BCUT2D eigenvalue weighted by molar-refractivity contribution is -0.125. The van der Waals surface area contributed by atoms with Crippen molar-refractivity contribution < 1.29 is 18.7 Å². The largest absolute Gasteiger partial charge is 0.497 e. The van der Waals surface area contributed by atoms with Crippen molar-refractivity contribution in [3.63, 3.8) is 0 Å². The summed E-state index contributed by atoms with van der Waals surface area (Å²) >= 11 is 0. The number of carbonyl (C=O) groups is 1. The van der Waals surface area contributed by atoms with E-state index < -0.39 is 0 Å². The van der Waals surface area contributed by atoms with E-state index in [1.54, 1.807) is 31.6 Å². The van der Waals surface area contributed by atoms with Gasteiger partial charge in [-0.25, -0.2) is 0 Å². The fourth-order valence-electron chi connectivity index (χ4n) is 4.24. The van der Waals surface area contributed by atoms with Gasteiger partial charge in [0, 0.05) is 24.7 Å². The molecule has 1 N–H and O–H groups in total. The Morgan fingerprint density at radius 2 is 1.86 bits per heavy atom. The maximum Gasteiger partial charge on any atom is 0.233 e. The summed E-state index contributed by atoms with van der Waals surface area (Å²) in [5.41, 5.74) is 2.39. The minimum absolute atomic E-state index is 0.00960. The molecule has 1 amide bonds. The fraction of sp³-hybridized carbons (Fsp3) is 0.296. The van der Waals surface area contributed by atoms with Gasteiger partial charge in [0.15, 0.2) is 11.6 Å². The number of hydrogen-bond acceptors (Lipinski definition) is 9. The first kappa shape index (κ1) is 24.2. The molecule has 1 fully saturated rings. The zero-order valence-electron chi connectivity index (χ0n) is 20.5. The van der Waals surface area contributed by atoms with Crippen molar-refractivity contribution >= 4 is 11.7 Å². The average molecular weight is 501 g/mol. The molecule has 4 heterocycles. The number of methoxy groups -OCH3 is 1. The maximum atomic E-state index is 12.8. The van der Waals surface area contributed by atoms with Crippen molar-refractivity contribution in [3.8, 4) is 34.3 Å². The standard InChI is InChI=1S/C27H28N6O4/c1-35-21-8-6-19(7-9-21)22-10-12-25(31-29-22)33-15-2-4-20(18-33)27(34)28-14-17-37-26-13-11-23(30-32-26)24-5-3-16-36-24/h3,5-13,16,20H,2,4,14-15,17-18H2,1H3,(H,28,34). The first-order chi connectivity index (χ1) is 18.2. The molecule has 0 spiro atoms. The summed E-state index contributed by atoms with van der Waals surface area (Å²) in [6.07, 6.45) is 3.33. The van der Waals surface area contributed by atoms with Crippen molar-refractivity contribution in [2.24, 2.45) is 5.92 Å². The third-order valence-electron chi connectivity index (χ3n) is 6.22. The van der Waals surface area contributed by atoms with Crippen molar-refractivity contribution in [2.45, 2.75) is 12.8 Å². The lowest BCUT2D eigenvalue weighted by atomic mass is 9.97. The molecule has 3 aromatic heterocycles. The number of nitrogens with one attached hydrogen (secondary N) is 1. The molecule has 0 saturated carbocycles. The van der Waals surface area contributed by atoms with E-state index in [2.05, 4.69) is 30.6 Å². The maximum absolute atomic E-state index is 12.8. The van der Waals surface area contributed by atoms with Crippen LogP contribution in [0.1, 0.15) is 12.8 Å². The number of carbonyl (C=O) groups excluding carboxylic acids is 1. The van der Waals surface area contributed by atoms with Gasteiger partial charge in [-0.1, -0.05) is 0 Å². The Morgan fingerprint density at radius 3 is 2.57 bits per heavy atom. The van der Waals surface area contributed by atoms with E-state index in [9.17, 15) is 4.79 Å². The van der Waals surface area contributed by atoms with E-state index in [1.165, 1.54) is 0 Å². The van der Waals surface area contributed by atoms with Gasteiger partial charge in [-0.05, 0) is 67.4 Å². The Bertz CT molecular complexity index is 1280. The molecule has 10 heteroatoms. The molecular weight excluding hydrogens is 472 g/mol. The van der Waals surface area contributed by atoms with Gasteiger partial charge >= 0.3 is 0 Å². The summed E-state index contributed by atoms with van der Waals surface area (Å²) in [5.74, 6) is 2.50. The van der Waals surface area contributed by atoms with Gasteiger partial charge in [-0.15, -0.1) is 20.4 Å². The van der Waals surface area contributed by atoms with Crippen LogP contribution in [0.2, 0.25) is 0 Å². The topological polar surface area (TPSA) is 116 Å². The molecule has 0 bridgehead atoms. The van der Waals surface area contributed by atoms with Crippen LogP contribution in [0.3, 0.4) is 0 Å². The highest BCUT2D eigenvalue weighted by molar-refractivity contribution is 5.79. The molecule has 0 aliphatic carbocycles. The molecule has 1 saturated heterocycles. The van der Waals surface area contributed by atoms with E-state index >= 15 is 0 Å². The number of furan rings is 1. The van der Waals surface area contributed by atoms with Crippen molar-refractivity contribution in [1.82, 2.24) is 25.7 Å². The van der Waals surface area contributed by atoms with Crippen molar-refractivity contribution in [2.75, 3.05) is 38.3 Å². The fourth-order valence-corrected chi connectivity index (χ4v) is 4.24. The molecule has 10 nitrogen and oxygen atoms in total. The summed E-state index contributed by atoms with van der Waals surface area (Å²) < 4.78 is 16.1. The third-order valence-corrected chi connectivity index (χ3v) is 6.22. The van der Waals surface area contributed by atoms with Crippen molar-refractivity contribution in [1.29, 1.82) is 0 Å². The van der Waals surface area contributed by atoms with Gasteiger partial charge in [0.2, 0.25) is 11.8 Å². The number of benzene rings is 1. The van der Waals surface area contributed by atoms with Crippen LogP contribution in [0.15, 0.2) is 71.3 Å². The van der Waals surface area contributed by atoms with Crippen LogP contribution < -0.4 is 19.7 Å². The number of aromatic nitrogens is 4. The zero-order valence-corrected chi connectivity index (χ0v) is 20.5. The SMILES string of the molecule is COc1ccc(-c2ccc(N3CCCC(C(=O)NCCOc4ccc(-c5ccco5)nn4)C3)nn2)cc1. The first-order valence-corrected chi connectivity index (χ1v) is 12.2. The normalized spacial score (nSPS) is 15.3. The molecule has 1 aliphatic rings. The van der Waals surface area contributed by atoms with Crippen LogP contribution in [0.5, 0.6) is 11.6 Å². The Kier molecular flexibility index (Phi) is 7.54. The Balaban J connectivity index is 1.08. The monoisotopic (exact) mass is 500 g/mol. The second-order valence-electron chi connectivity index (χ2n) is 8.66. The van der Waals surface area contributed by atoms with Gasteiger partial charge in [0.1, 0.15) is 18.1 Å².